The first-order valence-electron chi connectivity index (χ1n) is 4.70. The van der Waals surface area contributed by atoms with Gasteiger partial charge in [-0.3, -0.25) is 0 Å². The maximum absolute atomic E-state index is 11.1. The molecular formula is C10H14O4S. The minimum absolute atomic E-state index is 0.196. The Bertz CT molecular complexity index is 296. The van der Waals surface area contributed by atoms with E-state index in [1.165, 1.54) is 11.3 Å². The first kappa shape index (κ1) is 12.2. The van der Waals surface area contributed by atoms with Crippen LogP contribution in [0.1, 0.15) is 11.8 Å². The van der Waals surface area contributed by atoms with Gasteiger partial charge in [0.2, 0.25) is 0 Å². The molecule has 5 heteroatoms. The summed E-state index contributed by atoms with van der Waals surface area (Å²) in [6.45, 7) is 1.85. The normalized spacial score (nSPS) is 14.6. The highest BCUT2D eigenvalue weighted by molar-refractivity contribution is 7.09. The van der Waals surface area contributed by atoms with Crippen LogP contribution in [0.4, 0.5) is 0 Å². The molecule has 0 bridgehead atoms. The summed E-state index contributed by atoms with van der Waals surface area (Å²) in [5.41, 5.74) is 0. The molecule has 0 radical (unpaired) electrons. The van der Waals surface area contributed by atoms with Gasteiger partial charge >= 0.3 is 5.97 Å². The molecule has 2 atom stereocenters. The largest absolute Gasteiger partial charge is 0.464 e. The molecule has 1 aromatic heterocycles. The molecule has 0 unspecified atom stereocenters. The molecule has 0 amide bonds. The average molecular weight is 230 g/mol. The van der Waals surface area contributed by atoms with E-state index in [1.807, 2.05) is 17.5 Å². The van der Waals surface area contributed by atoms with Gasteiger partial charge in [0.05, 0.1) is 12.7 Å². The van der Waals surface area contributed by atoms with E-state index in [2.05, 4.69) is 4.74 Å². The topological polar surface area (TPSA) is 66.8 Å². The van der Waals surface area contributed by atoms with Crippen LogP contribution in [0, 0.1) is 0 Å². The zero-order valence-electron chi connectivity index (χ0n) is 8.42. The number of hydrogen-bond donors (Lipinski definition) is 2. The van der Waals surface area contributed by atoms with E-state index >= 15 is 0 Å². The zero-order valence-corrected chi connectivity index (χ0v) is 9.24. The summed E-state index contributed by atoms with van der Waals surface area (Å²) in [6.07, 6.45) is -2.31. The molecule has 0 spiro atoms. The van der Waals surface area contributed by atoms with Gasteiger partial charge in [-0.05, 0) is 18.4 Å². The van der Waals surface area contributed by atoms with Crippen molar-refractivity contribution in [1.29, 1.82) is 0 Å². The van der Waals surface area contributed by atoms with E-state index in [9.17, 15) is 15.0 Å². The van der Waals surface area contributed by atoms with Crippen LogP contribution in [0.2, 0.25) is 0 Å². The lowest BCUT2D eigenvalue weighted by Gasteiger charge is -2.15. The van der Waals surface area contributed by atoms with Gasteiger partial charge in [0.1, 0.15) is 0 Å². The molecule has 0 aliphatic rings. The third-order valence-electron chi connectivity index (χ3n) is 1.88. The Kier molecular flexibility index (Phi) is 4.74. The summed E-state index contributed by atoms with van der Waals surface area (Å²) in [5, 5.41) is 20.8. The molecule has 0 aliphatic heterocycles. The highest BCUT2D eigenvalue weighted by Gasteiger charge is 2.25. The monoisotopic (exact) mass is 230 g/mol. The first-order chi connectivity index (χ1) is 7.15. The second-order valence-electron chi connectivity index (χ2n) is 3.05. The Morgan fingerprint density at radius 1 is 1.60 bits per heavy atom. The molecule has 1 heterocycles. The second kappa shape index (κ2) is 5.85. The molecule has 0 saturated carbocycles. The summed E-state index contributed by atoms with van der Waals surface area (Å²) in [4.78, 5) is 12.0. The predicted molar refractivity (Wildman–Crippen MR) is 56.7 cm³/mol. The van der Waals surface area contributed by atoms with Crippen molar-refractivity contribution in [2.24, 2.45) is 0 Å². The highest BCUT2D eigenvalue weighted by atomic mass is 32.1. The zero-order chi connectivity index (χ0) is 11.3. The smallest absolute Gasteiger partial charge is 0.337 e. The summed E-state index contributed by atoms with van der Waals surface area (Å²) < 4.78 is 4.60. The molecule has 1 aromatic rings. The molecule has 2 N–H and O–H groups in total. The Morgan fingerprint density at radius 3 is 2.87 bits per heavy atom. The number of thiophene rings is 1. The summed E-state index contributed by atoms with van der Waals surface area (Å²) in [7, 11) is 0. The molecule has 15 heavy (non-hydrogen) atoms. The minimum atomic E-state index is -1.47. The van der Waals surface area contributed by atoms with Gasteiger partial charge in [0, 0.05) is 11.3 Å². The van der Waals surface area contributed by atoms with Gasteiger partial charge in [0.25, 0.3) is 0 Å². The standard InChI is InChI=1S/C10H14O4S/c1-2-14-10(13)9(12)8(11)6-7-4-3-5-15-7/h3-5,8-9,11-12H,2,6H2,1H3/t8-,9+/m1/s1. The number of hydrogen-bond acceptors (Lipinski definition) is 5. The predicted octanol–water partition coefficient (Wildman–Crippen LogP) is 0.575. The molecule has 0 fully saturated rings. The second-order valence-corrected chi connectivity index (χ2v) is 4.08. The maximum Gasteiger partial charge on any atom is 0.337 e. The Morgan fingerprint density at radius 2 is 2.33 bits per heavy atom. The van der Waals surface area contributed by atoms with Crippen molar-refractivity contribution in [2.75, 3.05) is 6.61 Å². The van der Waals surface area contributed by atoms with E-state index in [4.69, 9.17) is 0 Å². The summed E-state index contributed by atoms with van der Waals surface area (Å²) in [6, 6.07) is 3.69. The minimum Gasteiger partial charge on any atom is -0.464 e. The van der Waals surface area contributed by atoms with Crippen molar-refractivity contribution >= 4 is 17.3 Å². The quantitative estimate of drug-likeness (QED) is 0.726. The molecule has 0 aliphatic carbocycles. The van der Waals surface area contributed by atoms with Crippen LogP contribution in [0.25, 0.3) is 0 Å². The van der Waals surface area contributed by atoms with E-state index in [-0.39, 0.29) is 13.0 Å². The van der Waals surface area contributed by atoms with Gasteiger partial charge in [-0.25, -0.2) is 4.79 Å². The highest BCUT2D eigenvalue weighted by Crippen LogP contribution is 2.13. The van der Waals surface area contributed by atoms with Crippen LogP contribution in [-0.4, -0.2) is 35.0 Å². The first-order valence-corrected chi connectivity index (χ1v) is 5.58. The van der Waals surface area contributed by atoms with E-state index < -0.39 is 18.2 Å². The number of ether oxygens (including phenoxy) is 1. The maximum atomic E-state index is 11.1. The van der Waals surface area contributed by atoms with Gasteiger partial charge in [-0.1, -0.05) is 6.07 Å². The summed E-state index contributed by atoms with van der Waals surface area (Å²) in [5.74, 6) is -0.776. The number of aliphatic hydroxyl groups is 2. The van der Waals surface area contributed by atoms with Crippen LogP contribution < -0.4 is 0 Å². The third-order valence-corrected chi connectivity index (χ3v) is 2.78. The Labute approximate surface area is 92.1 Å². The van der Waals surface area contributed by atoms with E-state index in [0.29, 0.717) is 0 Å². The third kappa shape index (κ3) is 3.62. The van der Waals surface area contributed by atoms with Crippen LogP contribution in [-0.2, 0) is 16.0 Å². The molecule has 84 valence electrons. The van der Waals surface area contributed by atoms with Crippen molar-refractivity contribution < 1.29 is 19.7 Å². The van der Waals surface area contributed by atoms with Crippen LogP contribution in [0.3, 0.4) is 0 Å². The van der Waals surface area contributed by atoms with Crippen molar-refractivity contribution in [2.45, 2.75) is 25.6 Å². The van der Waals surface area contributed by atoms with E-state index in [1.54, 1.807) is 6.92 Å². The SMILES string of the molecule is CCOC(=O)[C@@H](O)[C@H](O)Cc1cccs1. The van der Waals surface area contributed by atoms with Gasteiger partial charge < -0.3 is 14.9 Å². The van der Waals surface area contributed by atoms with Crippen molar-refractivity contribution in [3.05, 3.63) is 22.4 Å². The van der Waals surface area contributed by atoms with Crippen molar-refractivity contribution in [3.63, 3.8) is 0 Å². The fourth-order valence-corrected chi connectivity index (χ4v) is 1.89. The van der Waals surface area contributed by atoms with E-state index in [0.717, 1.165) is 4.88 Å². The lowest BCUT2D eigenvalue weighted by Crippen LogP contribution is -2.36. The van der Waals surface area contributed by atoms with Gasteiger partial charge in [0.15, 0.2) is 6.10 Å². The molecule has 1 rings (SSSR count). The lowest BCUT2D eigenvalue weighted by molar-refractivity contribution is -0.159. The van der Waals surface area contributed by atoms with Crippen LogP contribution in [0.15, 0.2) is 17.5 Å². The molecule has 4 nitrogen and oxygen atoms in total. The fraction of sp³-hybridized carbons (Fsp3) is 0.500. The van der Waals surface area contributed by atoms with Crippen molar-refractivity contribution in [3.8, 4) is 0 Å². The fourth-order valence-electron chi connectivity index (χ4n) is 1.13. The van der Waals surface area contributed by atoms with Crippen LogP contribution >= 0.6 is 11.3 Å². The lowest BCUT2D eigenvalue weighted by atomic mass is 10.1. The Hall–Kier alpha value is -0.910. The molecule has 0 aromatic carbocycles. The number of carbonyl (C=O) groups excluding carboxylic acids is 1. The molecule has 0 saturated heterocycles. The number of carbonyl (C=O) groups is 1. The number of rotatable bonds is 5. The molecular weight excluding hydrogens is 216 g/mol. The van der Waals surface area contributed by atoms with Crippen LogP contribution in [0.5, 0.6) is 0 Å². The van der Waals surface area contributed by atoms with Gasteiger partial charge in [-0.2, -0.15) is 0 Å². The average Bonchev–Trinajstić information content (AvgIpc) is 2.69. The number of aliphatic hydroxyl groups excluding tert-OH is 2. The summed E-state index contributed by atoms with van der Waals surface area (Å²) >= 11 is 1.47. The van der Waals surface area contributed by atoms with Crippen molar-refractivity contribution in [1.82, 2.24) is 0 Å². The Balaban J connectivity index is 2.46. The van der Waals surface area contributed by atoms with Gasteiger partial charge in [-0.15, -0.1) is 11.3 Å². The number of esters is 1.